The van der Waals surface area contributed by atoms with Crippen LogP contribution in [0.4, 0.5) is 22.7 Å². The van der Waals surface area contributed by atoms with Gasteiger partial charge in [-0.3, -0.25) is 10.1 Å². The zero-order chi connectivity index (χ0) is 21.3. The zero-order valence-corrected chi connectivity index (χ0v) is 16.9. The molecule has 0 unspecified atom stereocenters. The van der Waals surface area contributed by atoms with Gasteiger partial charge in [-0.25, -0.2) is 4.63 Å². The predicted molar refractivity (Wildman–Crippen MR) is 111 cm³/mol. The van der Waals surface area contributed by atoms with Crippen LogP contribution in [0.15, 0.2) is 28.9 Å². The summed E-state index contributed by atoms with van der Waals surface area (Å²) >= 11 is 0. The minimum absolute atomic E-state index is 0.0980. The van der Waals surface area contributed by atoms with Gasteiger partial charge in [-0.1, -0.05) is 0 Å². The van der Waals surface area contributed by atoms with Gasteiger partial charge in [-0.15, -0.1) is 0 Å². The highest BCUT2D eigenvalue weighted by Gasteiger charge is 2.30. The molecule has 2 aromatic carbocycles. The Bertz CT molecular complexity index is 1080. The first-order valence-electron chi connectivity index (χ1n) is 9.38. The molecule has 4 rings (SSSR count). The van der Waals surface area contributed by atoms with Crippen molar-refractivity contribution in [3.05, 3.63) is 34.4 Å². The van der Waals surface area contributed by atoms with Crippen molar-refractivity contribution >= 4 is 33.8 Å². The van der Waals surface area contributed by atoms with Crippen LogP contribution in [0.5, 0.6) is 11.5 Å². The van der Waals surface area contributed by atoms with E-state index >= 15 is 0 Å². The van der Waals surface area contributed by atoms with Crippen molar-refractivity contribution in [3.8, 4) is 11.5 Å². The van der Waals surface area contributed by atoms with Crippen LogP contribution in [0.3, 0.4) is 0 Å². The van der Waals surface area contributed by atoms with Crippen molar-refractivity contribution in [3.63, 3.8) is 0 Å². The fourth-order valence-electron chi connectivity index (χ4n) is 3.54. The molecule has 1 aliphatic heterocycles. The SMILES string of the molecule is COc1ccc(OC)c(Nc2cc(N3CCN(C)CC3)c([N+](=O)[O-])c3nonc23)c1. The normalized spacial score (nSPS) is 14.7. The average Bonchev–Trinajstić information content (AvgIpc) is 3.23. The van der Waals surface area contributed by atoms with Gasteiger partial charge in [0.25, 0.3) is 0 Å². The summed E-state index contributed by atoms with van der Waals surface area (Å²) < 4.78 is 15.6. The van der Waals surface area contributed by atoms with E-state index in [-0.39, 0.29) is 16.7 Å². The molecule has 30 heavy (non-hydrogen) atoms. The van der Waals surface area contributed by atoms with Crippen LogP contribution >= 0.6 is 0 Å². The number of likely N-dealkylation sites (N-methyl/N-ethyl adjacent to an activating group) is 1. The molecule has 2 heterocycles. The second-order valence-electron chi connectivity index (χ2n) is 6.99. The first-order chi connectivity index (χ1) is 14.5. The summed E-state index contributed by atoms with van der Waals surface area (Å²) in [7, 11) is 5.16. The Hall–Kier alpha value is -3.60. The van der Waals surface area contributed by atoms with Crippen LogP contribution < -0.4 is 19.7 Å². The van der Waals surface area contributed by atoms with E-state index in [9.17, 15) is 10.1 Å². The van der Waals surface area contributed by atoms with E-state index in [4.69, 9.17) is 14.1 Å². The molecule has 1 N–H and O–H groups in total. The highest BCUT2D eigenvalue weighted by Crippen LogP contribution is 2.41. The maximum atomic E-state index is 11.9. The number of nitro benzene ring substituents is 1. The first-order valence-corrected chi connectivity index (χ1v) is 9.38. The van der Waals surface area contributed by atoms with Crippen LogP contribution in [0, 0.1) is 10.1 Å². The molecule has 1 aromatic heterocycles. The lowest BCUT2D eigenvalue weighted by atomic mass is 10.1. The fourth-order valence-corrected chi connectivity index (χ4v) is 3.54. The van der Waals surface area contributed by atoms with E-state index in [1.54, 1.807) is 38.5 Å². The minimum Gasteiger partial charge on any atom is -0.497 e. The Kier molecular flexibility index (Phi) is 5.27. The van der Waals surface area contributed by atoms with Crippen molar-refractivity contribution in [2.75, 3.05) is 57.7 Å². The highest BCUT2D eigenvalue weighted by atomic mass is 16.6. The van der Waals surface area contributed by atoms with E-state index in [2.05, 4.69) is 20.5 Å². The van der Waals surface area contributed by atoms with Crippen LogP contribution in [-0.4, -0.2) is 67.6 Å². The third kappa shape index (κ3) is 3.54. The average molecular weight is 414 g/mol. The Balaban J connectivity index is 1.84. The molecule has 0 amide bonds. The summed E-state index contributed by atoms with van der Waals surface area (Å²) in [6, 6.07) is 7.04. The standard InChI is InChI=1S/C19H22N6O5/c1-23-6-8-24(9-7-23)15-11-14(17-18(22-30-21-17)19(15)25(26)27)20-13-10-12(28-2)4-5-16(13)29-3/h4-5,10-11,20H,6-9H2,1-3H3. The number of anilines is 3. The number of ether oxygens (including phenoxy) is 2. The van der Waals surface area contributed by atoms with E-state index in [0.717, 1.165) is 13.1 Å². The van der Waals surface area contributed by atoms with Crippen molar-refractivity contribution < 1.29 is 19.0 Å². The molecule has 1 saturated heterocycles. The number of benzene rings is 2. The van der Waals surface area contributed by atoms with Crippen molar-refractivity contribution in [1.29, 1.82) is 0 Å². The van der Waals surface area contributed by atoms with Gasteiger partial charge < -0.3 is 24.6 Å². The number of hydrogen-bond acceptors (Lipinski definition) is 10. The van der Waals surface area contributed by atoms with Gasteiger partial charge in [0.2, 0.25) is 5.52 Å². The molecule has 158 valence electrons. The Labute approximate surface area is 172 Å². The molecule has 0 saturated carbocycles. The van der Waals surface area contributed by atoms with Gasteiger partial charge in [0.15, 0.2) is 5.52 Å². The van der Waals surface area contributed by atoms with Crippen molar-refractivity contribution in [1.82, 2.24) is 15.2 Å². The molecule has 0 atom stereocenters. The van der Waals surface area contributed by atoms with E-state index in [1.807, 2.05) is 11.9 Å². The molecular formula is C19H22N6O5. The monoisotopic (exact) mass is 414 g/mol. The molecule has 0 radical (unpaired) electrons. The molecule has 1 aliphatic rings. The van der Waals surface area contributed by atoms with Crippen molar-refractivity contribution in [2.24, 2.45) is 0 Å². The van der Waals surface area contributed by atoms with Crippen LogP contribution in [-0.2, 0) is 0 Å². The molecule has 1 fully saturated rings. The number of nitro groups is 1. The molecule has 0 aliphatic carbocycles. The summed E-state index contributed by atoms with van der Waals surface area (Å²) in [6.45, 7) is 2.93. The minimum atomic E-state index is -0.434. The first kappa shape index (κ1) is 19.7. The number of rotatable bonds is 6. The van der Waals surface area contributed by atoms with E-state index in [0.29, 0.717) is 41.7 Å². The Morgan fingerprint density at radius 2 is 1.80 bits per heavy atom. The smallest absolute Gasteiger partial charge is 0.323 e. The van der Waals surface area contributed by atoms with Gasteiger partial charge in [0.1, 0.15) is 17.2 Å². The summed E-state index contributed by atoms with van der Waals surface area (Å²) in [5.41, 5.74) is 1.88. The third-order valence-electron chi connectivity index (χ3n) is 5.19. The van der Waals surface area contributed by atoms with Crippen LogP contribution in [0.1, 0.15) is 0 Å². The number of nitrogens with zero attached hydrogens (tertiary/aromatic N) is 5. The summed E-state index contributed by atoms with van der Waals surface area (Å²) in [5, 5.41) is 22.9. The van der Waals surface area contributed by atoms with Crippen molar-refractivity contribution in [2.45, 2.75) is 0 Å². The molecule has 3 aromatic rings. The predicted octanol–water partition coefficient (Wildman–Crippen LogP) is 2.64. The maximum Gasteiger partial charge on any atom is 0.323 e. The number of piperazine rings is 1. The lowest BCUT2D eigenvalue weighted by molar-refractivity contribution is -0.382. The van der Waals surface area contributed by atoms with E-state index < -0.39 is 4.92 Å². The van der Waals surface area contributed by atoms with E-state index in [1.165, 1.54) is 0 Å². The highest BCUT2D eigenvalue weighted by molar-refractivity contribution is 6.01. The van der Waals surface area contributed by atoms with Gasteiger partial charge in [0.05, 0.1) is 30.5 Å². The van der Waals surface area contributed by atoms with Crippen LogP contribution in [0.25, 0.3) is 11.0 Å². The number of fused-ring (bicyclic) bond motifs is 1. The zero-order valence-electron chi connectivity index (χ0n) is 16.9. The largest absolute Gasteiger partial charge is 0.497 e. The molecule has 0 spiro atoms. The molecule has 11 nitrogen and oxygen atoms in total. The number of nitrogens with one attached hydrogen (secondary N) is 1. The lowest BCUT2D eigenvalue weighted by Crippen LogP contribution is -2.44. The molecule has 0 bridgehead atoms. The molecule has 11 heteroatoms. The summed E-state index contributed by atoms with van der Waals surface area (Å²) in [4.78, 5) is 15.6. The third-order valence-corrected chi connectivity index (χ3v) is 5.19. The summed E-state index contributed by atoms with van der Waals surface area (Å²) in [5.74, 6) is 1.22. The maximum absolute atomic E-state index is 11.9. The van der Waals surface area contributed by atoms with Gasteiger partial charge in [0, 0.05) is 32.2 Å². The lowest BCUT2D eigenvalue weighted by Gasteiger charge is -2.33. The van der Waals surface area contributed by atoms with Gasteiger partial charge in [-0.05, 0) is 35.6 Å². The molecular weight excluding hydrogens is 392 g/mol. The Morgan fingerprint density at radius 1 is 1.07 bits per heavy atom. The second kappa shape index (κ2) is 8.03. The quantitative estimate of drug-likeness (QED) is 0.476. The van der Waals surface area contributed by atoms with Gasteiger partial charge in [-0.2, -0.15) is 0 Å². The number of aromatic nitrogens is 2. The summed E-state index contributed by atoms with van der Waals surface area (Å²) in [6.07, 6.45) is 0. The Morgan fingerprint density at radius 3 is 2.47 bits per heavy atom. The van der Waals surface area contributed by atoms with Gasteiger partial charge >= 0.3 is 5.69 Å². The number of methoxy groups -OCH3 is 2. The van der Waals surface area contributed by atoms with Crippen LogP contribution in [0.2, 0.25) is 0 Å². The fraction of sp³-hybridized carbons (Fsp3) is 0.368. The number of hydrogen-bond donors (Lipinski definition) is 1. The second-order valence-corrected chi connectivity index (χ2v) is 6.99. The topological polar surface area (TPSA) is 119 Å².